The summed E-state index contributed by atoms with van der Waals surface area (Å²) in [4.78, 5) is 14.6. The predicted octanol–water partition coefficient (Wildman–Crippen LogP) is 0.661. The van der Waals surface area contributed by atoms with E-state index >= 15 is 0 Å². The van der Waals surface area contributed by atoms with Gasteiger partial charge in [-0.3, -0.25) is 9.69 Å². The van der Waals surface area contributed by atoms with Crippen molar-refractivity contribution in [2.75, 3.05) is 50.8 Å². The van der Waals surface area contributed by atoms with Gasteiger partial charge in [0, 0.05) is 38.4 Å². The minimum atomic E-state index is -3.60. The van der Waals surface area contributed by atoms with E-state index < -0.39 is 31.7 Å². The van der Waals surface area contributed by atoms with Crippen molar-refractivity contribution in [1.82, 2.24) is 13.5 Å². The maximum atomic E-state index is 12.9. The number of sulfonamides is 2. The third-order valence-corrected chi connectivity index (χ3v) is 10.5. The number of likely N-dealkylation sites (tertiary alicyclic amines) is 1. The number of benzene rings is 1. The first-order valence-electron chi connectivity index (χ1n) is 11.8. The minimum Gasteiger partial charge on any atom is -0.390 e. The smallest absolute Gasteiger partial charge is 0.243 e. The molecule has 0 radical (unpaired) electrons. The zero-order valence-corrected chi connectivity index (χ0v) is 21.2. The normalized spacial score (nSPS) is 27.8. The van der Waals surface area contributed by atoms with E-state index in [4.69, 9.17) is 0 Å². The Bertz CT molecular complexity index is 1120. The van der Waals surface area contributed by atoms with Gasteiger partial charge in [-0.15, -0.1) is 0 Å². The third kappa shape index (κ3) is 5.17. The summed E-state index contributed by atoms with van der Waals surface area (Å²) in [5.74, 6) is -0.318. The average Bonchev–Trinajstić information content (AvgIpc) is 3.23. The predicted molar refractivity (Wildman–Crippen MR) is 128 cm³/mol. The van der Waals surface area contributed by atoms with Crippen LogP contribution in [0.5, 0.6) is 0 Å². The Labute approximate surface area is 202 Å². The molecule has 34 heavy (non-hydrogen) atoms. The highest BCUT2D eigenvalue weighted by Crippen LogP contribution is 2.40. The van der Waals surface area contributed by atoms with E-state index in [1.807, 2.05) is 0 Å². The molecule has 1 spiro atoms. The topological polar surface area (TPSA) is 127 Å². The lowest BCUT2D eigenvalue weighted by Crippen LogP contribution is -2.63. The van der Waals surface area contributed by atoms with Crippen molar-refractivity contribution >= 4 is 31.6 Å². The van der Waals surface area contributed by atoms with Gasteiger partial charge < -0.3 is 10.4 Å². The van der Waals surface area contributed by atoms with Gasteiger partial charge in [-0.05, 0) is 50.3 Å². The van der Waals surface area contributed by atoms with Gasteiger partial charge in [0.05, 0.1) is 29.3 Å². The molecule has 0 bridgehead atoms. The van der Waals surface area contributed by atoms with Crippen molar-refractivity contribution in [2.45, 2.75) is 55.1 Å². The number of aliphatic hydroxyl groups is 1. The first-order valence-corrected chi connectivity index (χ1v) is 15.1. The molecule has 2 N–H and O–H groups in total. The van der Waals surface area contributed by atoms with Gasteiger partial charge in [-0.1, -0.05) is 12.5 Å². The quantitative estimate of drug-likeness (QED) is 0.571. The Morgan fingerprint density at radius 1 is 1.06 bits per heavy atom. The molecule has 0 aliphatic carbocycles. The molecule has 1 amide bonds. The number of nitrogens with one attached hydrogen (secondary N) is 1. The van der Waals surface area contributed by atoms with Gasteiger partial charge in [0.2, 0.25) is 26.0 Å². The number of piperidine rings is 2. The summed E-state index contributed by atoms with van der Waals surface area (Å²) in [6, 6.07) is 6.27. The molecular weight excluding hydrogens is 480 g/mol. The lowest BCUT2D eigenvalue weighted by atomic mass is 9.83. The van der Waals surface area contributed by atoms with Crippen LogP contribution in [-0.2, 0) is 24.8 Å². The van der Waals surface area contributed by atoms with Crippen LogP contribution in [0.1, 0.15) is 38.5 Å². The molecule has 3 aliphatic heterocycles. The number of amides is 1. The number of hydrogen-bond acceptors (Lipinski definition) is 7. The van der Waals surface area contributed by atoms with Crippen LogP contribution in [0.4, 0.5) is 5.69 Å². The number of β-amino-alcohol motifs (C(OH)–C–C–N with tert-alkyl or cyclic N) is 1. The van der Waals surface area contributed by atoms with Crippen molar-refractivity contribution in [1.29, 1.82) is 0 Å². The van der Waals surface area contributed by atoms with Crippen LogP contribution in [0.15, 0.2) is 29.2 Å². The maximum Gasteiger partial charge on any atom is 0.243 e. The Balaban J connectivity index is 1.37. The number of carbonyl (C=O) groups excluding carboxylic acids is 1. The summed E-state index contributed by atoms with van der Waals surface area (Å²) < 4.78 is 53.2. The molecule has 4 rings (SSSR count). The number of carbonyl (C=O) groups is 1. The highest BCUT2D eigenvalue weighted by Gasteiger charge is 2.52. The van der Waals surface area contributed by atoms with Crippen LogP contribution in [0.2, 0.25) is 0 Å². The van der Waals surface area contributed by atoms with Crippen LogP contribution in [-0.4, -0.2) is 98.5 Å². The second-order valence-corrected chi connectivity index (χ2v) is 13.4. The Hall–Kier alpha value is -1.57. The highest BCUT2D eigenvalue weighted by atomic mass is 32.2. The van der Waals surface area contributed by atoms with Gasteiger partial charge in [0.15, 0.2) is 0 Å². The second-order valence-electron chi connectivity index (χ2n) is 9.58. The van der Waals surface area contributed by atoms with E-state index in [0.717, 1.165) is 19.3 Å². The number of anilines is 1. The summed E-state index contributed by atoms with van der Waals surface area (Å²) >= 11 is 0. The molecule has 3 saturated heterocycles. The van der Waals surface area contributed by atoms with Crippen LogP contribution >= 0.6 is 0 Å². The van der Waals surface area contributed by atoms with Crippen molar-refractivity contribution in [3.63, 3.8) is 0 Å². The summed E-state index contributed by atoms with van der Waals surface area (Å²) in [5.41, 5.74) is -0.395. The molecule has 3 heterocycles. The lowest BCUT2D eigenvalue weighted by molar-refractivity contribution is -0.119. The van der Waals surface area contributed by atoms with E-state index in [1.165, 1.54) is 27.0 Å². The number of aliphatic hydroxyl groups excluding tert-OH is 1. The highest BCUT2D eigenvalue weighted by molar-refractivity contribution is 7.89. The molecule has 0 aromatic heterocycles. The monoisotopic (exact) mass is 514 g/mol. The molecule has 1 aromatic carbocycles. The molecule has 0 unspecified atom stereocenters. The van der Waals surface area contributed by atoms with E-state index in [0.29, 0.717) is 51.1 Å². The van der Waals surface area contributed by atoms with Crippen LogP contribution in [0.25, 0.3) is 0 Å². The van der Waals surface area contributed by atoms with Gasteiger partial charge in [-0.25, -0.2) is 16.8 Å². The molecule has 1 aromatic rings. The molecule has 3 aliphatic rings. The standard InChI is InChI=1S/C22H34N4O6S2/c1-33(29,30)26-13-6-9-22(26)10-14-24(16-20(22)27)17-21(28)23-18-7-5-8-19(15-18)34(31,32)25-11-3-2-4-12-25/h5,7-8,15,20,27H,2-4,6,9-14,16-17H2,1H3,(H,23,28)/t20-,22-/m0/s1. The average molecular weight is 515 g/mol. The number of hydrogen-bond donors (Lipinski definition) is 2. The zero-order valence-electron chi connectivity index (χ0n) is 19.5. The fourth-order valence-corrected chi connectivity index (χ4v) is 8.50. The molecule has 10 nitrogen and oxygen atoms in total. The van der Waals surface area contributed by atoms with E-state index in [1.54, 1.807) is 17.0 Å². The van der Waals surface area contributed by atoms with Crippen molar-refractivity contribution in [3.05, 3.63) is 24.3 Å². The van der Waals surface area contributed by atoms with Crippen LogP contribution < -0.4 is 5.32 Å². The second kappa shape index (κ2) is 9.82. The van der Waals surface area contributed by atoms with Crippen molar-refractivity contribution < 1.29 is 26.7 Å². The van der Waals surface area contributed by atoms with E-state index in [-0.39, 0.29) is 23.9 Å². The van der Waals surface area contributed by atoms with E-state index in [9.17, 15) is 26.7 Å². The minimum absolute atomic E-state index is 0.0229. The fraction of sp³-hybridized carbons (Fsp3) is 0.682. The Morgan fingerprint density at radius 3 is 2.47 bits per heavy atom. The lowest BCUT2D eigenvalue weighted by Gasteiger charge is -2.47. The van der Waals surface area contributed by atoms with Crippen molar-refractivity contribution in [2.24, 2.45) is 0 Å². The maximum absolute atomic E-state index is 12.9. The summed E-state index contributed by atoms with van der Waals surface area (Å²) in [6.45, 7) is 2.13. The fourth-order valence-electron chi connectivity index (χ4n) is 5.51. The molecule has 2 atom stereocenters. The van der Waals surface area contributed by atoms with Crippen molar-refractivity contribution in [3.8, 4) is 0 Å². The summed E-state index contributed by atoms with van der Waals surface area (Å²) in [7, 11) is -7.03. The van der Waals surface area contributed by atoms with Gasteiger partial charge >= 0.3 is 0 Å². The van der Waals surface area contributed by atoms with Gasteiger partial charge in [-0.2, -0.15) is 8.61 Å². The van der Waals surface area contributed by atoms with Crippen LogP contribution in [0.3, 0.4) is 0 Å². The molecule has 0 saturated carbocycles. The van der Waals surface area contributed by atoms with Gasteiger partial charge in [0.1, 0.15) is 0 Å². The number of rotatable bonds is 6. The Morgan fingerprint density at radius 2 is 1.79 bits per heavy atom. The first-order chi connectivity index (χ1) is 16.0. The van der Waals surface area contributed by atoms with E-state index in [2.05, 4.69) is 5.32 Å². The van der Waals surface area contributed by atoms with Crippen LogP contribution in [0, 0.1) is 0 Å². The SMILES string of the molecule is CS(=O)(=O)N1CCC[C@@]12CCN(CC(=O)Nc1cccc(S(=O)(=O)N3CCCCC3)c1)C[C@@H]2O. The Kier molecular flexibility index (Phi) is 7.37. The first kappa shape index (κ1) is 25.5. The molecule has 190 valence electrons. The summed E-state index contributed by atoms with van der Waals surface area (Å²) in [6.07, 6.45) is 4.79. The molecule has 12 heteroatoms. The third-order valence-electron chi connectivity index (χ3n) is 7.22. The zero-order chi connectivity index (χ0) is 24.6. The number of nitrogens with zero attached hydrogens (tertiary/aromatic N) is 3. The molecular formula is C22H34N4O6S2. The largest absolute Gasteiger partial charge is 0.390 e. The molecule has 3 fully saturated rings. The summed E-state index contributed by atoms with van der Waals surface area (Å²) in [5, 5.41) is 13.6. The van der Waals surface area contributed by atoms with Gasteiger partial charge in [0.25, 0.3) is 0 Å².